The first-order valence-corrected chi connectivity index (χ1v) is 10.9. The molecule has 0 fully saturated rings. The molecule has 0 radical (unpaired) electrons. The first kappa shape index (κ1) is 21.3. The maximum atomic E-state index is 13.3. The van der Waals surface area contributed by atoms with E-state index in [0.717, 1.165) is 40.5 Å². The van der Waals surface area contributed by atoms with Crippen LogP contribution in [0.25, 0.3) is 10.2 Å². The van der Waals surface area contributed by atoms with Gasteiger partial charge in [-0.15, -0.1) is 0 Å². The highest BCUT2D eigenvalue weighted by Gasteiger charge is 2.21. The fourth-order valence-electron chi connectivity index (χ4n) is 3.14. The van der Waals surface area contributed by atoms with Crippen LogP contribution < -0.4 is 9.64 Å². The largest absolute Gasteiger partial charge is 0.494 e. The van der Waals surface area contributed by atoms with Crippen molar-refractivity contribution in [3.05, 3.63) is 53.6 Å². The van der Waals surface area contributed by atoms with Gasteiger partial charge in [0.25, 0.3) is 5.91 Å². The fraction of sp³-hybridized carbons (Fsp3) is 0.391. The highest BCUT2D eigenvalue weighted by molar-refractivity contribution is 7.22. The molecule has 0 N–H and O–H groups in total. The van der Waals surface area contributed by atoms with Crippen LogP contribution >= 0.6 is 11.3 Å². The lowest BCUT2D eigenvalue weighted by molar-refractivity contribution is 0.0986. The molecule has 1 aromatic heterocycles. The summed E-state index contributed by atoms with van der Waals surface area (Å²) in [6.45, 7) is 6.24. The van der Waals surface area contributed by atoms with Gasteiger partial charge in [0.15, 0.2) is 5.13 Å². The van der Waals surface area contributed by atoms with Crippen LogP contribution in [0, 0.1) is 0 Å². The van der Waals surface area contributed by atoms with E-state index in [0.29, 0.717) is 18.7 Å². The summed E-state index contributed by atoms with van der Waals surface area (Å²) >= 11 is 1.58. The van der Waals surface area contributed by atoms with E-state index in [2.05, 4.69) is 24.0 Å². The van der Waals surface area contributed by atoms with E-state index in [-0.39, 0.29) is 5.91 Å². The van der Waals surface area contributed by atoms with E-state index in [4.69, 9.17) is 9.72 Å². The molecule has 5 nitrogen and oxygen atoms in total. The number of ether oxygens (including phenoxy) is 1. The highest BCUT2D eigenvalue weighted by Crippen LogP contribution is 2.31. The minimum atomic E-state index is -0.0263. The van der Waals surface area contributed by atoms with E-state index in [1.54, 1.807) is 11.3 Å². The lowest BCUT2D eigenvalue weighted by Gasteiger charge is -2.21. The summed E-state index contributed by atoms with van der Waals surface area (Å²) in [4.78, 5) is 22.0. The molecule has 1 amide bonds. The van der Waals surface area contributed by atoms with Crippen LogP contribution in [0.4, 0.5) is 5.13 Å². The number of thiazole rings is 1. The zero-order valence-corrected chi connectivity index (χ0v) is 18.5. The molecule has 0 aliphatic heterocycles. The van der Waals surface area contributed by atoms with Gasteiger partial charge in [0.05, 0.1) is 16.8 Å². The van der Waals surface area contributed by atoms with Gasteiger partial charge in [-0.2, -0.15) is 0 Å². The second kappa shape index (κ2) is 9.85. The molecule has 3 rings (SSSR count). The Morgan fingerprint density at radius 2 is 1.83 bits per heavy atom. The van der Waals surface area contributed by atoms with Crippen molar-refractivity contribution in [2.75, 3.05) is 38.7 Å². The molecule has 0 saturated carbocycles. The number of carbonyl (C=O) groups is 1. The van der Waals surface area contributed by atoms with E-state index < -0.39 is 0 Å². The number of anilines is 1. The SMILES string of the molecule is CCOc1ccc(C(=O)N(CCCN(C)C)c2nc3ccc(CC)cc3s2)cc1. The van der Waals surface area contributed by atoms with Gasteiger partial charge in [0.2, 0.25) is 0 Å². The lowest BCUT2D eigenvalue weighted by Crippen LogP contribution is -2.33. The van der Waals surface area contributed by atoms with Crippen molar-refractivity contribution in [3.8, 4) is 5.75 Å². The number of carbonyl (C=O) groups excluding carboxylic acids is 1. The van der Waals surface area contributed by atoms with Crippen molar-refractivity contribution in [1.82, 2.24) is 9.88 Å². The number of benzene rings is 2. The molecule has 0 bridgehead atoms. The van der Waals surface area contributed by atoms with Crippen LogP contribution in [0.2, 0.25) is 0 Å². The quantitative estimate of drug-likeness (QED) is 0.505. The van der Waals surface area contributed by atoms with Crippen LogP contribution in [-0.2, 0) is 6.42 Å². The van der Waals surface area contributed by atoms with E-state index in [1.807, 2.05) is 56.3 Å². The molecule has 3 aromatic rings. The monoisotopic (exact) mass is 411 g/mol. The third-order valence-corrected chi connectivity index (χ3v) is 5.77. The van der Waals surface area contributed by atoms with E-state index in [9.17, 15) is 4.79 Å². The number of amides is 1. The van der Waals surface area contributed by atoms with Crippen molar-refractivity contribution in [3.63, 3.8) is 0 Å². The number of nitrogens with zero attached hydrogens (tertiary/aromatic N) is 3. The van der Waals surface area contributed by atoms with Gasteiger partial charge in [0, 0.05) is 12.1 Å². The molecule has 1 heterocycles. The summed E-state index contributed by atoms with van der Waals surface area (Å²) in [5, 5.41) is 0.755. The summed E-state index contributed by atoms with van der Waals surface area (Å²) in [5.74, 6) is 0.747. The average Bonchev–Trinajstić information content (AvgIpc) is 3.14. The van der Waals surface area contributed by atoms with Crippen LogP contribution in [-0.4, -0.2) is 49.6 Å². The normalized spacial score (nSPS) is 11.2. The van der Waals surface area contributed by atoms with Gasteiger partial charge < -0.3 is 9.64 Å². The Morgan fingerprint density at radius 3 is 2.48 bits per heavy atom. The first-order valence-electron chi connectivity index (χ1n) is 10.1. The number of aryl methyl sites for hydroxylation is 1. The molecule has 0 spiro atoms. The number of aromatic nitrogens is 1. The lowest BCUT2D eigenvalue weighted by atomic mass is 10.2. The van der Waals surface area contributed by atoms with Crippen molar-refractivity contribution in [2.24, 2.45) is 0 Å². The van der Waals surface area contributed by atoms with Crippen LogP contribution in [0.1, 0.15) is 36.2 Å². The van der Waals surface area contributed by atoms with Gasteiger partial charge in [-0.1, -0.05) is 24.3 Å². The molecular formula is C23H29N3O2S. The van der Waals surface area contributed by atoms with Gasteiger partial charge in [-0.3, -0.25) is 9.69 Å². The summed E-state index contributed by atoms with van der Waals surface area (Å²) in [6.07, 6.45) is 1.87. The van der Waals surface area contributed by atoms with E-state index >= 15 is 0 Å². The second-order valence-corrected chi connectivity index (χ2v) is 8.23. The Bertz CT molecular complexity index is 950. The summed E-state index contributed by atoms with van der Waals surface area (Å²) in [5.41, 5.74) is 2.87. The molecular weight excluding hydrogens is 382 g/mol. The maximum Gasteiger partial charge on any atom is 0.260 e. The van der Waals surface area contributed by atoms with Gasteiger partial charge >= 0.3 is 0 Å². The van der Waals surface area contributed by atoms with Crippen LogP contribution in [0.15, 0.2) is 42.5 Å². The van der Waals surface area contributed by atoms with Crippen molar-refractivity contribution in [1.29, 1.82) is 0 Å². The minimum absolute atomic E-state index is 0.0263. The summed E-state index contributed by atoms with van der Waals surface area (Å²) < 4.78 is 6.62. The average molecular weight is 412 g/mol. The van der Waals surface area contributed by atoms with Crippen molar-refractivity contribution >= 4 is 32.6 Å². The Kier molecular flexibility index (Phi) is 7.23. The van der Waals surface area contributed by atoms with Gasteiger partial charge in [-0.25, -0.2) is 4.98 Å². The predicted molar refractivity (Wildman–Crippen MR) is 121 cm³/mol. The number of rotatable bonds is 9. The molecule has 154 valence electrons. The third kappa shape index (κ3) is 5.34. The Labute approximate surface area is 176 Å². The van der Waals surface area contributed by atoms with Crippen molar-refractivity contribution in [2.45, 2.75) is 26.7 Å². The molecule has 6 heteroatoms. The standard InChI is InChI=1S/C23H29N3O2S/c1-5-17-8-13-20-21(16-17)29-23(24-20)26(15-7-14-25(3)4)22(27)18-9-11-19(12-10-18)28-6-2/h8-13,16H,5-7,14-15H2,1-4H3. The zero-order valence-electron chi connectivity index (χ0n) is 17.6. The number of hydrogen-bond acceptors (Lipinski definition) is 5. The Balaban J connectivity index is 1.89. The van der Waals surface area contributed by atoms with Crippen molar-refractivity contribution < 1.29 is 9.53 Å². The fourth-order valence-corrected chi connectivity index (χ4v) is 4.19. The summed E-state index contributed by atoms with van der Waals surface area (Å²) in [6, 6.07) is 13.7. The first-order chi connectivity index (χ1) is 14.0. The Morgan fingerprint density at radius 1 is 1.07 bits per heavy atom. The second-order valence-electron chi connectivity index (χ2n) is 7.22. The molecule has 29 heavy (non-hydrogen) atoms. The third-order valence-electron chi connectivity index (χ3n) is 4.73. The molecule has 2 aromatic carbocycles. The zero-order chi connectivity index (χ0) is 20.8. The molecule has 0 saturated heterocycles. The van der Waals surface area contributed by atoms with Gasteiger partial charge in [0.1, 0.15) is 5.75 Å². The molecule has 0 atom stereocenters. The Hall–Kier alpha value is -2.44. The highest BCUT2D eigenvalue weighted by atomic mass is 32.1. The summed E-state index contributed by atoms with van der Waals surface area (Å²) in [7, 11) is 4.09. The topological polar surface area (TPSA) is 45.7 Å². The van der Waals surface area contributed by atoms with Crippen LogP contribution in [0.5, 0.6) is 5.75 Å². The maximum absolute atomic E-state index is 13.3. The molecule has 0 unspecified atom stereocenters. The molecule has 0 aliphatic rings. The van der Waals surface area contributed by atoms with Crippen LogP contribution in [0.3, 0.4) is 0 Å². The minimum Gasteiger partial charge on any atom is -0.494 e. The van der Waals surface area contributed by atoms with Gasteiger partial charge in [-0.05, 0) is 82.4 Å². The predicted octanol–water partition coefficient (Wildman–Crippen LogP) is 4.86. The smallest absolute Gasteiger partial charge is 0.260 e. The number of fused-ring (bicyclic) bond motifs is 1. The number of hydrogen-bond donors (Lipinski definition) is 0. The molecule has 0 aliphatic carbocycles. The van der Waals surface area contributed by atoms with E-state index in [1.165, 1.54) is 5.56 Å².